The van der Waals surface area contributed by atoms with Crippen LogP contribution in [0, 0.1) is 0 Å². The van der Waals surface area contributed by atoms with Crippen LogP contribution in [0.1, 0.15) is 42.0 Å². The molecule has 1 aromatic carbocycles. The molecule has 0 saturated carbocycles. The highest BCUT2D eigenvalue weighted by molar-refractivity contribution is 5.40. The van der Waals surface area contributed by atoms with Crippen LogP contribution in [0.2, 0.25) is 0 Å². The molecule has 0 fully saturated rings. The summed E-state index contributed by atoms with van der Waals surface area (Å²) in [4.78, 5) is 0. The van der Waals surface area contributed by atoms with E-state index in [2.05, 4.69) is 26.0 Å². The zero-order chi connectivity index (χ0) is 13.5. The van der Waals surface area contributed by atoms with Gasteiger partial charge in [-0.1, -0.05) is 26.0 Å². The molecule has 1 rings (SSSR count). The van der Waals surface area contributed by atoms with Crippen LogP contribution >= 0.6 is 0 Å². The minimum atomic E-state index is 0.455. The van der Waals surface area contributed by atoms with Crippen molar-refractivity contribution in [3.05, 3.63) is 34.4 Å². The Hall–Kier alpha value is -0.900. The van der Waals surface area contributed by atoms with Gasteiger partial charge in [0.2, 0.25) is 0 Å². The van der Waals surface area contributed by atoms with Gasteiger partial charge in [-0.15, -0.1) is 0 Å². The average Bonchev–Trinajstić information content (AvgIpc) is 2.29. The lowest BCUT2D eigenvalue weighted by Crippen LogP contribution is -2.06. The molecule has 0 spiro atoms. The van der Waals surface area contributed by atoms with E-state index in [1.165, 1.54) is 22.3 Å². The number of rotatable bonds is 7. The van der Waals surface area contributed by atoms with Crippen LogP contribution in [-0.2, 0) is 34.0 Å². The molecule has 0 aliphatic heterocycles. The van der Waals surface area contributed by atoms with Crippen LogP contribution < -0.4 is 0 Å². The van der Waals surface area contributed by atoms with Gasteiger partial charge in [0.1, 0.15) is 0 Å². The zero-order valence-corrected chi connectivity index (χ0v) is 12.1. The second kappa shape index (κ2) is 7.52. The maximum atomic E-state index is 5.30. The first-order valence-electron chi connectivity index (χ1n) is 6.25. The first kappa shape index (κ1) is 15.2. The standard InChI is InChI=1S/C15H24O3/c1-11(2)15-13(9-17-4)6-12(8-16-3)7-14(15)10-18-5/h6-7,11H,8-10H2,1-5H3. The molecule has 0 aliphatic carbocycles. The smallest absolute Gasteiger partial charge is 0.0716 e. The van der Waals surface area contributed by atoms with Crippen molar-refractivity contribution in [2.45, 2.75) is 39.6 Å². The van der Waals surface area contributed by atoms with Crippen LogP contribution in [0.5, 0.6) is 0 Å². The van der Waals surface area contributed by atoms with Gasteiger partial charge >= 0.3 is 0 Å². The number of benzene rings is 1. The molecule has 0 unspecified atom stereocenters. The Balaban J connectivity index is 3.24. The third-order valence-electron chi connectivity index (χ3n) is 2.90. The van der Waals surface area contributed by atoms with Crippen LogP contribution in [-0.4, -0.2) is 21.3 Å². The molecule has 102 valence electrons. The molecular formula is C15H24O3. The van der Waals surface area contributed by atoms with Gasteiger partial charge in [-0.3, -0.25) is 0 Å². The predicted molar refractivity (Wildman–Crippen MR) is 72.7 cm³/mol. The zero-order valence-electron chi connectivity index (χ0n) is 12.1. The molecule has 0 bridgehead atoms. The molecule has 0 saturated heterocycles. The Kier molecular flexibility index (Phi) is 6.33. The second-order valence-corrected chi connectivity index (χ2v) is 4.78. The monoisotopic (exact) mass is 252 g/mol. The van der Waals surface area contributed by atoms with E-state index in [4.69, 9.17) is 14.2 Å². The first-order chi connectivity index (χ1) is 8.63. The number of hydrogen-bond donors (Lipinski definition) is 0. The fourth-order valence-electron chi connectivity index (χ4n) is 2.39. The van der Waals surface area contributed by atoms with Crippen LogP contribution in [0.25, 0.3) is 0 Å². The van der Waals surface area contributed by atoms with E-state index in [-0.39, 0.29) is 0 Å². The normalized spacial score (nSPS) is 11.2. The summed E-state index contributed by atoms with van der Waals surface area (Å²) in [5.74, 6) is 0.455. The highest BCUT2D eigenvalue weighted by atomic mass is 16.5. The van der Waals surface area contributed by atoms with E-state index in [9.17, 15) is 0 Å². The fourth-order valence-corrected chi connectivity index (χ4v) is 2.39. The van der Waals surface area contributed by atoms with Crippen molar-refractivity contribution in [3.8, 4) is 0 Å². The van der Waals surface area contributed by atoms with E-state index in [0.717, 1.165) is 0 Å². The van der Waals surface area contributed by atoms with E-state index in [0.29, 0.717) is 25.7 Å². The minimum Gasteiger partial charge on any atom is -0.380 e. The number of hydrogen-bond acceptors (Lipinski definition) is 3. The van der Waals surface area contributed by atoms with Gasteiger partial charge < -0.3 is 14.2 Å². The Morgan fingerprint density at radius 1 is 0.833 bits per heavy atom. The summed E-state index contributed by atoms with van der Waals surface area (Å²) < 4.78 is 15.8. The summed E-state index contributed by atoms with van der Waals surface area (Å²) in [7, 11) is 5.16. The molecule has 0 N–H and O–H groups in total. The van der Waals surface area contributed by atoms with Gasteiger partial charge in [0.05, 0.1) is 19.8 Å². The van der Waals surface area contributed by atoms with Crippen LogP contribution in [0.15, 0.2) is 12.1 Å². The minimum absolute atomic E-state index is 0.455. The molecular weight excluding hydrogens is 228 g/mol. The van der Waals surface area contributed by atoms with Crippen LogP contribution in [0.4, 0.5) is 0 Å². The Labute approximate surface area is 110 Å². The largest absolute Gasteiger partial charge is 0.380 e. The molecule has 0 aliphatic rings. The van der Waals surface area contributed by atoms with Crippen molar-refractivity contribution in [2.75, 3.05) is 21.3 Å². The van der Waals surface area contributed by atoms with Gasteiger partial charge in [0.25, 0.3) is 0 Å². The second-order valence-electron chi connectivity index (χ2n) is 4.78. The van der Waals surface area contributed by atoms with Gasteiger partial charge in [0, 0.05) is 21.3 Å². The Morgan fingerprint density at radius 2 is 1.28 bits per heavy atom. The van der Waals surface area contributed by atoms with Gasteiger partial charge in [-0.25, -0.2) is 0 Å². The predicted octanol–water partition coefficient (Wildman–Crippen LogP) is 3.25. The molecule has 18 heavy (non-hydrogen) atoms. The summed E-state index contributed by atoms with van der Waals surface area (Å²) in [6.07, 6.45) is 0. The maximum absolute atomic E-state index is 5.30. The summed E-state index contributed by atoms with van der Waals surface area (Å²) in [5.41, 5.74) is 4.96. The SMILES string of the molecule is COCc1cc(COC)c(C(C)C)c(COC)c1. The van der Waals surface area contributed by atoms with Gasteiger partial charge in [0.15, 0.2) is 0 Å². The average molecular weight is 252 g/mol. The third kappa shape index (κ3) is 3.80. The lowest BCUT2D eigenvalue weighted by atomic mass is 9.90. The topological polar surface area (TPSA) is 27.7 Å². The summed E-state index contributed by atoms with van der Waals surface area (Å²) in [6.45, 7) is 6.27. The van der Waals surface area contributed by atoms with E-state index >= 15 is 0 Å². The lowest BCUT2D eigenvalue weighted by Gasteiger charge is -2.19. The van der Waals surface area contributed by atoms with Gasteiger partial charge in [-0.05, 0) is 28.2 Å². The van der Waals surface area contributed by atoms with Crippen molar-refractivity contribution in [2.24, 2.45) is 0 Å². The fraction of sp³-hybridized carbons (Fsp3) is 0.600. The third-order valence-corrected chi connectivity index (χ3v) is 2.90. The molecule has 0 heterocycles. The van der Waals surface area contributed by atoms with Crippen molar-refractivity contribution in [3.63, 3.8) is 0 Å². The van der Waals surface area contributed by atoms with Crippen molar-refractivity contribution >= 4 is 0 Å². The van der Waals surface area contributed by atoms with E-state index in [1.54, 1.807) is 21.3 Å². The van der Waals surface area contributed by atoms with Gasteiger partial charge in [-0.2, -0.15) is 0 Å². The van der Waals surface area contributed by atoms with Crippen LogP contribution in [0.3, 0.4) is 0 Å². The van der Waals surface area contributed by atoms with Crippen molar-refractivity contribution < 1.29 is 14.2 Å². The number of methoxy groups -OCH3 is 3. The molecule has 0 amide bonds. The lowest BCUT2D eigenvalue weighted by molar-refractivity contribution is 0.173. The first-order valence-corrected chi connectivity index (χ1v) is 6.25. The molecule has 3 nitrogen and oxygen atoms in total. The molecule has 0 aromatic heterocycles. The Morgan fingerprint density at radius 3 is 1.61 bits per heavy atom. The van der Waals surface area contributed by atoms with E-state index in [1.807, 2.05) is 0 Å². The number of ether oxygens (including phenoxy) is 3. The molecule has 1 aromatic rings. The highest BCUT2D eigenvalue weighted by Crippen LogP contribution is 2.27. The Bertz CT molecular complexity index is 345. The van der Waals surface area contributed by atoms with E-state index < -0.39 is 0 Å². The highest BCUT2D eigenvalue weighted by Gasteiger charge is 2.14. The molecule has 0 atom stereocenters. The van der Waals surface area contributed by atoms with Crippen molar-refractivity contribution in [1.82, 2.24) is 0 Å². The summed E-state index contributed by atoms with van der Waals surface area (Å²) in [6, 6.07) is 4.34. The van der Waals surface area contributed by atoms with Crippen molar-refractivity contribution in [1.29, 1.82) is 0 Å². The quantitative estimate of drug-likeness (QED) is 0.745. The summed E-state index contributed by atoms with van der Waals surface area (Å²) >= 11 is 0. The molecule has 0 radical (unpaired) electrons. The maximum Gasteiger partial charge on any atom is 0.0716 e. The summed E-state index contributed by atoms with van der Waals surface area (Å²) in [5, 5.41) is 0. The molecule has 3 heteroatoms.